The van der Waals surface area contributed by atoms with Crippen molar-refractivity contribution in [3.63, 3.8) is 0 Å². The van der Waals surface area contributed by atoms with Gasteiger partial charge in [0.15, 0.2) is 0 Å². The second-order valence-electron chi connectivity index (χ2n) is 4.84. The molecule has 0 saturated carbocycles. The third kappa shape index (κ3) is 3.03. The molecular formula is C16H16FN3O. The highest BCUT2D eigenvalue weighted by Gasteiger charge is 2.18. The van der Waals surface area contributed by atoms with Crippen LogP contribution in [0, 0.1) is 5.82 Å². The smallest absolute Gasteiger partial charge is 0.130 e. The average Bonchev–Trinajstić information content (AvgIpc) is 3.13. The number of hydrogen-bond donors (Lipinski definition) is 1. The van der Waals surface area contributed by atoms with E-state index in [4.69, 9.17) is 4.42 Å². The highest BCUT2D eigenvalue weighted by Crippen LogP contribution is 2.21. The van der Waals surface area contributed by atoms with Gasteiger partial charge in [-0.3, -0.25) is 5.32 Å². The van der Waals surface area contributed by atoms with Crippen LogP contribution in [0.2, 0.25) is 0 Å². The molecule has 4 nitrogen and oxygen atoms in total. The first-order chi connectivity index (χ1) is 10.2. The number of halogens is 1. The van der Waals surface area contributed by atoms with Gasteiger partial charge in [0.05, 0.1) is 18.8 Å². The number of rotatable bonds is 5. The first kappa shape index (κ1) is 13.6. The van der Waals surface area contributed by atoms with Gasteiger partial charge in [0, 0.05) is 19.4 Å². The Morgan fingerprint density at radius 3 is 2.71 bits per heavy atom. The van der Waals surface area contributed by atoms with Gasteiger partial charge < -0.3 is 8.98 Å². The zero-order chi connectivity index (χ0) is 14.7. The monoisotopic (exact) mass is 285 g/mol. The molecule has 5 heteroatoms. The van der Waals surface area contributed by atoms with Crippen molar-refractivity contribution in [3.05, 3.63) is 78.0 Å². The minimum atomic E-state index is -0.247. The molecule has 1 N–H and O–H groups in total. The van der Waals surface area contributed by atoms with Gasteiger partial charge in [0.1, 0.15) is 17.4 Å². The normalized spacial score (nSPS) is 12.5. The van der Waals surface area contributed by atoms with Crippen LogP contribution in [0.1, 0.15) is 23.2 Å². The molecule has 3 rings (SSSR count). The third-order valence-corrected chi connectivity index (χ3v) is 3.38. The Kier molecular flexibility index (Phi) is 3.83. The summed E-state index contributed by atoms with van der Waals surface area (Å²) in [5.74, 6) is 1.47. The lowest BCUT2D eigenvalue weighted by atomic mass is 10.1. The Balaban J connectivity index is 1.87. The molecule has 0 aliphatic heterocycles. The van der Waals surface area contributed by atoms with Crippen LogP contribution in [0.5, 0.6) is 0 Å². The van der Waals surface area contributed by atoms with Crippen LogP contribution in [0.25, 0.3) is 0 Å². The predicted octanol–water partition coefficient (Wildman–Crippen LogP) is 3.03. The van der Waals surface area contributed by atoms with Crippen molar-refractivity contribution in [2.75, 3.05) is 0 Å². The van der Waals surface area contributed by atoms with Crippen molar-refractivity contribution >= 4 is 0 Å². The molecule has 1 unspecified atom stereocenters. The van der Waals surface area contributed by atoms with Crippen molar-refractivity contribution in [1.29, 1.82) is 0 Å². The molecule has 0 radical (unpaired) electrons. The fourth-order valence-corrected chi connectivity index (χ4v) is 2.28. The Bertz CT molecular complexity index is 689. The van der Waals surface area contributed by atoms with Gasteiger partial charge in [-0.15, -0.1) is 0 Å². The van der Waals surface area contributed by atoms with Gasteiger partial charge in [-0.1, -0.05) is 12.1 Å². The lowest BCUT2D eigenvalue weighted by molar-refractivity contribution is 0.459. The summed E-state index contributed by atoms with van der Waals surface area (Å²) in [4.78, 5) is 4.39. The number of furan rings is 1. The summed E-state index contributed by atoms with van der Waals surface area (Å²) in [6.07, 6.45) is 5.28. The fraction of sp³-hybridized carbons (Fsp3) is 0.188. The number of benzene rings is 1. The van der Waals surface area contributed by atoms with E-state index in [1.165, 1.54) is 12.1 Å². The van der Waals surface area contributed by atoms with E-state index in [1.807, 2.05) is 29.9 Å². The molecule has 2 heterocycles. The van der Waals surface area contributed by atoms with E-state index in [1.54, 1.807) is 24.6 Å². The van der Waals surface area contributed by atoms with Crippen LogP contribution in [-0.4, -0.2) is 9.55 Å². The van der Waals surface area contributed by atoms with Crippen molar-refractivity contribution in [2.45, 2.75) is 12.6 Å². The van der Waals surface area contributed by atoms with Crippen molar-refractivity contribution in [3.8, 4) is 0 Å². The minimum absolute atomic E-state index is 0.129. The van der Waals surface area contributed by atoms with Crippen molar-refractivity contribution < 1.29 is 8.81 Å². The summed E-state index contributed by atoms with van der Waals surface area (Å²) < 4.78 is 20.4. The quantitative estimate of drug-likeness (QED) is 0.783. The van der Waals surface area contributed by atoms with Gasteiger partial charge in [0.2, 0.25) is 0 Å². The van der Waals surface area contributed by atoms with Crippen molar-refractivity contribution in [1.82, 2.24) is 14.9 Å². The van der Waals surface area contributed by atoms with E-state index in [9.17, 15) is 4.39 Å². The molecular weight excluding hydrogens is 269 g/mol. The molecule has 0 fully saturated rings. The van der Waals surface area contributed by atoms with Gasteiger partial charge in [-0.25, -0.2) is 9.37 Å². The second-order valence-corrected chi connectivity index (χ2v) is 4.84. The Morgan fingerprint density at radius 2 is 2.10 bits per heavy atom. The maximum atomic E-state index is 13.1. The fourth-order valence-electron chi connectivity index (χ4n) is 2.28. The van der Waals surface area contributed by atoms with Gasteiger partial charge in [-0.05, 0) is 29.8 Å². The Labute approximate surface area is 122 Å². The first-order valence-corrected chi connectivity index (χ1v) is 6.72. The van der Waals surface area contributed by atoms with Crippen LogP contribution >= 0.6 is 0 Å². The summed E-state index contributed by atoms with van der Waals surface area (Å²) in [6.45, 7) is 0.571. The molecule has 0 amide bonds. The van der Waals surface area contributed by atoms with Gasteiger partial charge in [0.25, 0.3) is 0 Å². The molecule has 21 heavy (non-hydrogen) atoms. The third-order valence-electron chi connectivity index (χ3n) is 3.38. The van der Waals surface area contributed by atoms with Crippen molar-refractivity contribution in [2.24, 2.45) is 7.05 Å². The summed E-state index contributed by atoms with van der Waals surface area (Å²) >= 11 is 0. The number of hydrogen-bond acceptors (Lipinski definition) is 3. The van der Waals surface area contributed by atoms with E-state index in [0.29, 0.717) is 6.54 Å². The molecule has 1 aromatic carbocycles. The number of aromatic nitrogens is 2. The molecule has 1 atom stereocenters. The maximum absolute atomic E-state index is 13.1. The SMILES string of the molecule is Cn1ccnc1C(NCc1ccco1)c1ccc(F)cc1. The zero-order valence-corrected chi connectivity index (χ0v) is 11.7. The van der Waals surface area contributed by atoms with Gasteiger partial charge in [-0.2, -0.15) is 0 Å². The zero-order valence-electron chi connectivity index (χ0n) is 11.7. The number of nitrogens with one attached hydrogen (secondary N) is 1. The first-order valence-electron chi connectivity index (χ1n) is 6.72. The number of aryl methyl sites for hydroxylation is 1. The molecule has 0 spiro atoms. The van der Waals surface area contributed by atoms with E-state index < -0.39 is 0 Å². The highest BCUT2D eigenvalue weighted by atomic mass is 19.1. The average molecular weight is 285 g/mol. The van der Waals surface area contributed by atoms with Gasteiger partial charge >= 0.3 is 0 Å². The summed E-state index contributed by atoms with van der Waals surface area (Å²) in [6, 6.07) is 10.1. The summed E-state index contributed by atoms with van der Waals surface area (Å²) in [5.41, 5.74) is 0.956. The summed E-state index contributed by atoms with van der Waals surface area (Å²) in [7, 11) is 1.94. The molecule has 108 valence electrons. The molecule has 0 aliphatic rings. The standard InChI is InChI=1S/C16H16FN3O/c1-20-9-8-18-16(20)15(12-4-6-13(17)7-5-12)19-11-14-3-2-10-21-14/h2-10,15,19H,11H2,1H3. The molecule has 0 saturated heterocycles. The second kappa shape index (κ2) is 5.93. The van der Waals surface area contributed by atoms with Crippen LogP contribution in [-0.2, 0) is 13.6 Å². The summed E-state index contributed by atoms with van der Waals surface area (Å²) in [5, 5.41) is 3.40. The molecule has 3 aromatic rings. The van der Waals surface area contributed by atoms with E-state index in [2.05, 4.69) is 10.3 Å². The maximum Gasteiger partial charge on any atom is 0.130 e. The molecule has 0 aliphatic carbocycles. The largest absolute Gasteiger partial charge is 0.468 e. The lowest BCUT2D eigenvalue weighted by Gasteiger charge is -2.18. The van der Waals surface area contributed by atoms with Crippen LogP contribution in [0.4, 0.5) is 4.39 Å². The van der Waals surface area contributed by atoms with Crippen LogP contribution in [0.15, 0.2) is 59.5 Å². The van der Waals surface area contributed by atoms with Crippen LogP contribution < -0.4 is 5.32 Å². The van der Waals surface area contributed by atoms with E-state index in [-0.39, 0.29) is 11.9 Å². The minimum Gasteiger partial charge on any atom is -0.468 e. The predicted molar refractivity (Wildman–Crippen MR) is 77.0 cm³/mol. The molecule has 2 aromatic heterocycles. The highest BCUT2D eigenvalue weighted by molar-refractivity contribution is 5.26. The lowest BCUT2D eigenvalue weighted by Crippen LogP contribution is -2.24. The molecule has 0 bridgehead atoms. The Hall–Kier alpha value is -2.40. The van der Waals surface area contributed by atoms with E-state index in [0.717, 1.165) is 17.1 Å². The topological polar surface area (TPSA) is 43.0 Å². The Morgan fingerprint density at radius 1 is 1.29 bits per heavy atom. The number of imidazole rings is 1. The number of nitrogens with zero attached hydrogens (tertiary/aromatic N) is 2. The van der Waals surface area contributed by atoms with Crippen LogP contribution in [0.3, 0.4) is 0 Å². The van der Waals surface area contributed by atoms with E-state index >= 15 is 0 Å².